The first-order valence-electron chi connectivity index (χ1n) is 4.16. The molecule has 0 aliphatic heterocycles. The Morgan fingerprint density at radius 3 is 2.25 bits per heavy atom. The quantitative estimate of drug-likeness (QED) is 0.609. The third kappa shape index (κ3) is 2.12. The molecule has 72 valence electrons. The van der Waals surface area contributed by atoms with Crippen molar-refractivity contribution in [1.82, 2.24) is 0 Å². The van der Waals surface area contributed by atoms with Crippen LogP contribution in [0.5, 0.6) is 0 Å². The van der Waals surface area contributed by atoms with Crippen molar-refractivity contribution >= 4 is 0 Å². The van der Waals surface area contributed by atoms with Gasteiger partial charge in [-0.2, -0.15) is 13.2 Å². The van der Waals surface area contributed by atoms with Crippen molar-refractivity contribution in [2.75, 3.05) is 0 Å². The molecule has 0 spiro atoms. The molecule has 0 heterocycles. The van der Waals surface area contributed by atoms with Crippen LogP contribution in [0.4, 0.5) is 13.2 Å². The van der Waals surface area contributed by atoms with E-state index in [2.05, 4.69) is 0 Å². The van der Waals surface area contributed by atoms with Crippen molar-refractivity contribution in [3.63, 3.8) is 0 Å². The first kappa shape index (κ1) is 9.84. The van der Waals surface area contributed by atoms with Crippen LogP contribution in [0, 0.1) is 11.8 Å². The van der Waals surface area contributed by atoms with E-state index < -0.39 is 18.2 Å². The lowest BCUT2D eigenvalue weighted by Crippen LogP contribution is -2.34. The van der Waals surface area contributed by atoms with Gasteiger partial charge in [0.2, 0.25) is 0 Å². The molecule has 4 heteroatoms. The maximum atomic E-state index is 12.2. The summed E-state index contributed by atoms with van der Waals surface area (Å²) in [6, 6.07) is 0. The molecule has 1 nitrogen and oxygen atoms in total. The van der Waals surface area contributed by atoms with E-state index in [1.807, 2.05) is 0 Å². The van der Waals surface area contributed by atoms with Gasteiger partial charge in [0, 0.05) is 0 Å². The fourth-order valence-corrected chi connectivity index (χ4v) is 1.68. The van der Waals surface area contributed by atoms with Crippen LogP contribution < -0.4 is 0 Å². The van der Waals surface area contributed by atoms with E-state index in [0.29, 0.717) is 0 Å². The fraction of sp³-hybridized carbons (Fsp3) is 1.00. The molecule has 0 radical (unpaired) electrons. The normalized spacial score (nSPS) is 38.2. The average Bonchev–Trinajstić information content (AvgIpc) is 1.92. The molecule has 1 rings (SSSR count). The summed E-state index contributed by atoms with van der Waals surface area (Å²) in [5.74, 6) is -1.42. The summed E-state index contributed by atoms with van der Waals surface area (Å²) in [5, 5.41) is 9.19. The number of hydrogen-bond acceptors (Lipinski definition) is 1. The Labute approximate surface area is 69.6 Å². The number of rotatable bonds is 0. The van der Waals surface area contributed by atoms with Crippen molar-refractivity contribution in [3.05, 3.63) is 0 Å². The first-order valence-corrected chi connectivity index (χ1v) is 4.16. The van der Waals surface area contributed by atoms with Crippen LogP contribution >= 0.6 is 0 Å². The van der Waals surface area contributed by atoms with E-state index in [0.717, 1.165) is 0 Å². The molecule has 3 unspecified atom stereocenters. The Balaban J connectivity index is 2.51. The highest BCUT2D eigenvalue weighted by Gasteiger charge is 2.43. The molecule has 1 aliphatic carbocycles. The van der Waals surface area contributed by atoms with Gasteiger partial charge in [0.25, 0.3) is 0 Å². The van der Waals surface area contributed by atoms with Crippen LogP contribution in [0.1, 0.15) is 26.2 Å². The van der Waals surface area contributed by atoms with Gasteiger partial charge in [0.15, 0.2) is 0 Å². The average molecular weight is 182 g/mol. The zero-order valence-corrected chi connectivity index (χ0v) is 6.93. The lowest BCUT2D eigenvalue weighted by molar-refractivity contribution is -0.191. The Kier molecular flexibility index (Phi) is 2.66. The van der Waals surface area contributed by atoms with Crippen LogP contribution in [0.2, 0.25) is 0 Å². The van der Waals surface area contributed by atoms with Gasteiger partial charge in [-0.05, 0) is 25.2 Å². The maximum Gasteiger partial charge on any atom is 0.391 e. The molecular weight excluding hydrogens is 169 g/mol. The summed E-state index contributed by atoms with van der Waals surface area (Å²) in [6.45, 7) is 1.67. The molecule has 0 amide bonds. The minimum atomic E-state index is -4.07. The molecule has 12 heavy (non-hydrogen) atoms. The zero-order valence-electron chi connectivity index (χ0n) is 6.93. The van der Waals surface area contributed by atoms with Crippen LogP contribution in [-0.2, 0) is 0 Å². The third-order valence-corrected chi connectivity index (χ3v) is 2.59. The zero-order chi connectivity index (χ0) is 9.35. The predicted octanol–water partition coefficient (Wildman–Crippen LogP) is 2.35. The Morgan fingerprint density at radius 2 is 1.83 bits per heavy atom. The molecule has 0 bridgehead atoms. The van der Waals surface area contributed by atoms with Gasteiger partial charge < -0.3 is 5.11 Å². The Bertz CT molecular complexity index is 155. The molecule has 1 fully saturated rings. The summed E-state index contributed by atoms with van der Waals surface area (Å²) in [5.41, 5.74) is 0. The second kappa shape index (κ2) is 3.24. The van der Waals surface area contributed by atoms with Gasteiger partial charge >= 0.3 is 6.18 Å². The minimum absolute atomic E-state index is 0.0741. The van der Waals surface area contributed by atoms with E-state index in [-0.39, 0.29) is 25.2 Å². The van der Waals surface area contributed by atoms with Crippen LogP contribution in [0.15, 0.2) is 0 Å². The van der Waals surface area contributed by atoms with E-state index >= 15 is 0 Å². The van der Waals surface area contributed by atoms with Crippen molar-refractivity contribution in [2.24, 2.45) is 11.8 Å². The van der Waals surface area contributed by atoms with Crippen molar-refractivity contribution in [2.45, 2.75) is 38.5 Å². The van der Waals surface area contributed by atoms with Gasteiger partial charge in [-0.15, -0.1) is 0 Å². The van der Waals surface area contributed by atoms with E-state index in [9.17, 15) is 18.3 Å². The number of aliphatic hydroxyl groups excluding tert-OH is 1. The third-order valence-electron chi connectivity index (χ3n) is 2.59. The van der Waals surface area contributed by atoms with Crippen molar-refractivity contribution in [1.29, 1.82) is 0 Å². The number of alkyl halides is 3. The highest BCUT2D eigenvalue weighted by Crippen LogP contribution is 2.39. The van der Waals surface area contributed by atoms with Crippen molar-refractivity contribution in [3.8, 4) is 0 Å². The molecule has 0 aromatic heterocycles. The largest absolute Gasteiger partial charge is 0.393 e. The summed E-state index contributed by atoms with van der Waals surface area (Å²) >= 11 is 0. The summed E-state index contributed by atoms with van der Waals surface area (Å²) in [6.07, 6.45) is -4.18. The maximum absolute atomic E-state index is 12.2. The fourth-order valence-electron chi connectivity index (χ4n) is 1.68. The summed E-state index contributed by atoms with van der Waals surface area (Å²) in [4.78, 5) is 0. The standard InChI is InChI=1S/C8H13F3O/c1-5-4-6(8(9,10)11)2-3-7(5)12/h5-7,12H,2-4H2,1H3. The lowest BCUT2D eigenvalue weighted by Gasteiger charge is -2.32. The smallest absolute Gasteiger partial charge is 0.391 e. The lowest BCUT2D eigenvalue weighted by atomic mass is 9.80. The summed E-state index contributed by atoms with van der Waals surface area (Å²) in [7, 11) is 0. The highest BCUT2D eigenvalue weighted by molar-refractivity contribution is 4.80. The molecule has 1 saturated carbocycles. The number of halogens is 3. The Hall–Kier alpha value is -0.250. The molecule has 0 aromatic rings. The van der Waals surface area contributed by atoms with Crippen LogP contribution in [-0.4, -0.2) is 17.4 Å². The molecule has 1 aliphatic rings. The second-order valence-electron chi connectivity index (χ2n) is 3.60. The van der Waals surface area contributed by atoms with Crippen LogP contribution in [0.25, 0.3) is 0 Å². The van der Waals surface area contributed by atoms with Crippen molar-refractivity contribution < 1.29 is 18.3 Å². The monoisotopic (exact) mass is 182 g/mol. The Morgan fingerprint density at radius 1 is 1.25 bits per heavy atom. The topological polar surface area (TPSA) is 20.2 Å². The highest BCUT2D eigenvalue weighted by atomic mass is 19.4. The first-order chi connectivity index (χ1) is 5.41. The van der Waals surface area contributed by atoms with E-state index in [1.54, 1.807) is 6.92 Å². The molecular formula is C8H13F3O. The second-order valence-corrected chi connectivity index (χ2v) is 3.60. The summed E-state index contributed by atoms with van der Waals surface area (Å²) < 4.78 is 36.5. The van der Waals surface area contributed by atoms with E-state index in [1.165, 1.54) is 0 Å². The van der Waals surface area contributed by atoms with Gasteiger partial charge in [0.1, 0.15) is 0 Å². The SMILES string of the molecule is CC1CC(C(F)(F)F)CCC1O. The molecule has 1 N–H and O–H groups in total. The number of aliphatic hydroxyl groups is 1. The molecule has 3 atom stereocenters. The van der Waals surface area contributed by atoms with Crippen LogP contribution in [0.3, 0.4) is 0 Å². The molecule has 0 aromatic carbocycles. The van der Waals surface area contributed by atoms with Gasteiger partial charge in [0.05, 0.1) is 12.0 Å². The predicted molar refractivity (Wildman–Crippen MR) is 38.6 cm³/mol. The molecule has 0 saturated heterocycles. The van der Waals surface area contributed by atoms with Gasteiger partial charge in [-0.25, -0.2) is 0 Å². The van der Waals surface area contributed by atoms with E-state index in [4.69, 9.17) is 0 Å². The van der Waals surface area contributed by atoms with Gasteiger partial charge in [-0.3, -0.25) is 0 Å². The number of hydrogen-bond donors (Lipinski definition) is 1. The minimum Gasteiger partial charge on any atom is -0.393 e. The van der Waals surface area contributed by atoms with Gasteiger partial charge in [-0.1, -0.05) is 6.92 Å².